The lowest BCUT2D eigenvalue weighted by molar-refractivity contribution is -0.136. The van der Waals surface area contributed by atoms with E-state index in [0.29, 0.717) is 18.8 Å². The number of nitrogens with one attached hydrogen (secondary N) is 2. The number of pyridine rings is 1. The second-order valence-corrected chi connectivity index (χ2v) is 6.02. The highest BCUT2D eigenvalue weighted by Crippen LogP contribution is 2.15. The van der Waals surface area contributed by atoms with Crippen LogP contribution in [0.25, 0.3) is 0 Å². The molecule has 6 nitrogen and oxygen atoms in total. The van der Waals surface area contributed by atoms with E-state index in [1.54, 1.807) is 0 Å². The zero-order chi connectivity index (χ0) is 18.4. The summed E-state index contributed by atoms with van der Waals surface area (Å²) < 4.78 is 1.45. The largest absolute Gasteiger partial charge is 0.347 e. The number of benzene rings is 1. The Bertz CT molecular complexity index is 827. The number of anilines is 1. The van der Waals surface area contributed by atoms with Gasteiger partial charge in [0, 0.05) is 25.4 Å². The van der Waals surface area contributed by atoms with Gasteiger partial charge in [0.25, 0.3) is 5.56 Å². The first-order valence-corrected chi connectivity index (χ1v) is 8.27. The second kappa shape index (κ2) is 8.28. The normalized spacial score (nSPS) is 11.6. The lowest BCUT2D eigenvalue weighted by atomic mass is 9.99. The van der Waals surface area contributed by atoms with Crippen molar-refractivity contribution in [1.82, 2.24) is 9.88 Å². The van der Waals surface area contributed by atoms with Crippen LogP contribution in [0.3, 0.4) is 0 Å². The number of nitrogens with zero attached hydrogens (tertiary/aromatic N) is 1. The van der Waals surface area contributed by atoms with Crippen molar-refractivity contribution in [3.05, 3.63) is 64.1 Å². The molecule has 0 aliphatic heterocycles. The van der Waals surface area contributed by atoms with E-state index in [0.717, 1.165) is 11.1 Å². The molecule has 0 bridgehead atoms. The van der Waals surface area contributed by atoms with Gasteiger partial charge in [0.05, 0.1) is 5.69 Å². The molecule has 0 spiro atoms. The third kappa shape index (κ3) is 5.04. The van der Waals surface area contributed by atoms with Gasteiger partial charge in [-0.2, -0.15) is 0 Å². The Kier molecular flexibility index (Phi) is 6.11. The van der Waals surface area contributed by atoms with Crippen molar-refractivity contribution >= 4 is 17.5 Å². The fourth-order valence-corrected chi connectivity index (χ4v) is 2.46. The summed E-state index contributed by atoms with van der Waals surface area (Å²) in [5.74, 6) is -1.36. The lowest BCUT2D eigenvalue weighted by Gasteiger charge is -2.14. The molecule has 2 N–H and O–H groups in total. The van der Waals surface area contributed by atoms with Gasteiger partial charge in [-0.1, -0.05) is 36.8 Å². The van der Waals surface area contributed by atoms with Crippen LogP contribution in [0.4, 0.5) is 5.69 Å². The summed E-state index contributed by atoms with van der Waals surface area (Å²) in [6.45, 7) is 6.68. The van der Waals surface area contributed by atoms with Gasteiger partial charge < -0.3 is 15.2 Å². The zero-order valence-corrected chi connectivity index (χ0v) is 14.7. The van der Waals surface area contributed by atoms with Crippen LogP contribution < -0.4 is 16.2 Å². The minimum Gasteiger partial charge on any atom is -0.347 e. The molecule has 25 heavy (non-hydrogen) atoms. The van der Waals surface area contributed by atoms with E-state index in [1.807, 2.05) is 39.0 Å². The van der Waals surface area contributed by atoms with Crippen LogP contribution in [-0.2, 0) is 16.1 Å². The van der Waals surface area contributed by atoms with Crippen molar-refractivity contribution in [3.8, 4) is 0 Å². The van der Waals surface area contributed by atoms with E-state index >= 15 is 0 Å². The monoisotopic (exact) mass is 341 g/mol. The number of carbonyl (C=O) groups is 2. The van der Waals surface area contributed by atoms with E-state index in [9.17, 15) is 14.4 Å². The maximum Gasteiger partial charge on any atom is 0.313 e. The summed E-state index contributed by atoms with van der Waals surface area (Å²) in [6, 6.07) is 10.9. The first kappa shape index (κ1) is 18.4. The molecular formula is C19H23N3O3. The molecule has 2 aromatic rings. The smallest absolute Gasteiger partial charge is 0.313 e. The number of rotatable bonds is 5. The Hall–Kier alpha value is -2.89. The molecule has 6 heteroatoms. The van der Waals surface area contributed by atoms with Crippen LogP contribution in [0.5, 0.6) is 0 Å². The zero-order valence-electron chi connectivity index (χ0n) is 14.7. The third-order valence-corrected chi connectivity index (χ3v) is 3.97. The average molecular weight is 341 g/mol. The lowest BCUT2D eigenvalue weighted by Crippen LogP contribution is -2.37. The van der Waals surface area contributed by atoms with Gasteiger partial charge in [-0.15, -0.1) is 0 Å². The topological polar surface area (TPSA) is 80.2 Å². The molecule has 0 aliphatic carbocycles. The van der Waals surface area contributed by atoms with Crippen LogP contribution >= 0.6 is 0 Å². The maximum atomic E-state index is 12.0. The van der Waals surface area contributed by atoms with Crippen LogP contribution in [0.2, 0.25) is 0 Å². The van der Waals surface area contributed by atoms with Crippen LogP contribution in [-0.4, -0.2) is 22.9 Å². The molecule has 0 fully saturated rings. The van der Waals surface area contributed by atoms with Gasteiger partial charge in [0.2, 0.25) is 0 Å². The SMILES string of the molecule is CCn1cc(NC(=O)C(=O)NCC(C)c2cccc(C)c2)ccc1=O. The van der Waals surface area contributed by atoms with Crippen molar-refractivity contribution in [2.45, 2.75) is 33.2 Å². The van der Waals surface area contributed by atoms with Gasteiger partial charge in [-0.05, 0) is 31.4 Å². The van der Waals surface area contributed by atoms with Gasteiger partial charge >= 0.3 is 11.8 Å². The molecule has 0 radical (unpaired) electrons. The molecule has 132 valence electrons. The number of hydrogen-bond acceptors (Lipinski definition) is 3. The minimum absolute atomic E-state index is 0.0960. The van der Waals surface area contributed by atoms with E-state index in [2.05, 4.69) is 16.7 Å². The first-order chi connectivity index (χ1) is 11.9. The molecule has 0 saturated heterocycles. The Balaban J connectivity index is 1.92. The highest BCUT2D eigenvalue weighted by molar-refractivity contribution is 6.39. The summed E-state index contributed by atoms with van der Waals surface area (Å²) in [5.41, 5.74) is 2.51. The predicted octanol–water partition coefficient (Wildman–Crippen LogP) is 2.04. The summed E-state index contributed by atoms with van der Waals surface area (Å²) in [6.07, 6.45) is 1.52. The van der Waals surface area contributed by atoms with Crippen molar-refractivity contribution in [2.75, 3.05) is 11.9 Å². The van der Waals surface area contributed by atoms with Gasteiger partial charge in [0.15, 0.2) is 0 Å². The predicted molar refractivity (Wildman–Crippen MR) is 97.6 cm³/mol. The van der Waals surface area contributed by atoms with E-state index in [1.165, 1.54) is 22.9 Å². The summed E-state index contributed by atoms with van der Waals surface area (Å²) >= 11 is 0. The molecule has 0 aliphatic rings. The Morgan fingerprint density at radius 1 is 1.16 bits per heavy atom. The van der Waals surface area contributed by atoms with E-state index in [4.69, 9.17) is 0 Å². The molecule has 1 atom stereocenters. The number of hydrogen-bond donors (Lipinski definition) is 2. The number of aryl methyl sites for hydroxylation is 2. The summed E-state index contributed by atoms with van der Waals surface area (Å²) in [4.78, 5) is 35.5. The standard InChI is InChI=1S/C19H23N3O3/c1-4-22-12-16(8-9-17(22)23)21-19(25)18(24)20-11-14(3)15-7-5-6-13(2)10-15/h5-10,12,14H,4,11H2,1-3H3,(H,20,24)(H,21,25). The third-order valence-electron chi connectivity index (χ3n) is 3.97. The molecule has 1 heterocycles. The van der Waals surface area contributed by atoms with Crippen LogP contribution in [0.1, 0.15) is 30.9 Å². The quantitative estimate of drug-likeness (QED) is 0.817. The summed E-state index contributed by atoms with van der Waals surface area (Å²) in [7, 11) is 0. The maximum absolute atomic E-state index is 12.0. The molecule has 2 rings (SSSR count). The Morgan fingerprint density at radius 2 is 1.92 bits per heavy atom. The highest BCUT2D eigenvalue weighted by Gasteiger charge is 2.15. The van der Waals surface area contributed by atoms with Crippen molar-refractivity contribution in [2.24, 2.45) is 0 Å². The number of aromatic nitrogens is 1. The van der Waals surface area contributed by atoms with E-state index < -0.39 is 11.8 Å². The van der Waals surface area contributed by atoms with Gasteiger partial charge in [-0.25, -0.2) is 0 Å². The highest BCUT2D eigenvalue weighted by atomic mass is 16.2. The summed E-state index contributed by atoms with van der Waals surface area (Å²) in [5, 5.41) is 5.15. The van der Waals surface area contributed by atoms with Crippen LogP contribution in [0, 0.1) is 6.92 Å². The van der Waals surface area contributed by atoms with Crippen molar-refractivity contribution in [3.63, 3.8) is 0 Å². The molecule has 2 amide bonds. The Morgan fingerprint density at radius 3 is 2.60 bits per heavy atom. The molecule has 1 aromatic carbocycles. The van der Waals surface area contributed by atoms with Gasteiger partial charge in [-0.3, -0.25) is 14.4 Å². The molecule has 1 aromatic heterocycles. The minimum atomic E-state index is -0.752. The fourth-order valence-electron chi connectivity index (χ4n) is 2.46. The molecule has 0 saturated carbocycles. The fraction of sp³-hybridized carbons (Fsp3) is 0.316. The number of carbonyl (C=O) groups excluding carboxylic acids is 2. The first-order valence-electron chi connectivity index (χ1n) is 8.27. The van der Waals surface area contributed by atoms with Crippen molar-refractivity contribution in [1.29, 1.82) is 0 Å². The molecular weight excluding hydrogens is 318 g/mol. The van der Waals surface area contributed by atoms with Gasteiger partial charge in [0.1, 0.15) is 0 Å². The van der Waals surface area contributed by atoms with E-state index in [-0.39, 0.29) is 11.5 Å². The van der Waals surface area contributed by atoms with Crippen molar-refractivity contribution < 1.29 is 9.59 Å². The molecule has 1 unspecified atom stereocenters. The average Bonchev–Trinajstić information content (AvgIpc) is 2.60. The number of amides is 2. The Labute approximate surface area is 146 Å². The van der Waals surface area contributed by atoms with Crippen LogP contribution in [0.15, 0.2) is 47.4 Å². The second-order valence-electron chi connectivity index (χ2n) is 6.02.